The molecule has 2 heterocycles. The second-order valence-corrected chi connectivity index (χ2v) is 2.54. The Labute approximate surface area is 73.2 Å². The van der Waals surface area contributed by atoms with E-state index in [1.165, 1.54) is 10.6 Å². The molecule has 2 aromatic rings. The summed E-state index contributed by atoms with van der Waals surface area (Å²) in [5.74, 6) is 0.571. The van der Waals surface area contributed by atoms with Gasteiger partial charge in [0.1, 0.15) is 12.4 Å². The average Bonchev–Trinajstić information content (AvgIpc) is 2.51. The number of rotatable bonds is 2. The second kappa shape index (κ2) is 2.98. The Hall–Kier alpha value is -1.69. The minimum absolute atomic E-state index is 0.304. The highest BCUT2D eigenvalue weighted by Gasteiger charge is 2.05. The van der Waals surface area contributed by atoms with E-state index in [1.54, 1.807) is 13.3 Å². The molecule has 6 nitrogen and oxygen atoms in total. The highest BCUT2D eigenvalue weighted by Crippen LogP contribution is 2.01. The van der Waals surface area contributed by atoms with Crippen LogP contribution in [0.4, 0.5) is 0 Å². The van der Waals surface area contributed by atoms with Gasteiger partial charge in [-0.15, -0.1) is 0 Å². The van der Waals surface area contributed by atoms with E-state index < -0.39 is 0 Å². The van der Waals surface area contributed by atoms with Crippen LogP contribution in [0.3, 0.4) is 0 Å². The summed E-state index contributed by atoms with van der Waals surface area (Å²) < 4.78 is 6.32. The fourth-order valence-corrected chi connectivity index (χ4v) is 1.17. The predicted molar refractivity (Wildman–Crippen MR) is 44.3 cm³/mol. The van der Waals surface area contributed by atoms with Gasteiger partial charge in [-0.05, 0) is 0 Å². The Morgan fingerprint density at radius 2 is 2.46 bits per heavy atom. The maximum atomic E-state index is 11.3. The van der Waals surface area contributed by atoms with Crippen molar-refractivity contribution in [3.05, 3.63) is 28.7 Å². The van der Waals surface area contributed by atoms with Crippen molar-refractivity contribution in [1.29, 1.82) is 0 Å². The van der Waals surface area contributed by atoms with E-state index in [0.717, 1.165) is 0 Å². The monoisotopic (exact) mass is 180 g/mol. The van der Waals surface area contributed by atoms with E-state index >= 15 is 0 Å². The Bertz CT molecular complexity index is 473. The Kier molecular flexibility index (Phi) is 1.82. The lowest BCUT2D eigenvalue weighted by Gasteiger charge is -1.96. The number of hydrogen-bond donors (Lipinski definition) is 1. The quantitative estimate of drug-likeness (QED) is 0.680. The SMILES string of the molecule is COCc1ncc2cn[nH]c(=O)n12. The van der Waals surface area contributed by atoms with E-state index in [4.69, 9.17) is 4.74 Å². The zero-order valence-corrected chi connectivity index (χ0v) is 7.02. The van der Waals surface area contributed by atoms with Gasteiger partial charge in [-0.25, -0.2) is 19.3 Å². The molecule has 0 aliphatic rings. The highest BCUT2D eigenvalue weighted by atomic mass is 16.5. The van der Waals surface area contributed by atoms with Crippen LogP contribution in [0.25, 0.3) is 5.52 Å². The molecule has 0 aliphatic heterocycles. The number of aromatic nitrogens is 4. The van der Waals surface area contributed by atoms with Crippen molar-refractivity contribution in [2.75, 3.05) is 7.11 Å². The minimum atomic E-state index is -0.304. The maximum Gasteiger partial charge on any atom is 0.348 e. The van der Waals surface area contributed by atoms with Gasteiger partial charge in [0.15, 0.2) is 0 Å². The van der Waals surface area contributed by atoms with E-state index in [1.807, 2.05) is 0 Å². The van der Waals surface area contributed by atoms with Crippen LogP contribution in [-0.2, 0) is 11.3 Å². The molecule has 0 aliphatic carbocycles. The van der Waals surface area contributed by atoms with Gasteiger partial charge in [0.2, 0.25) is 0 Å². The maximum absolute atomic E-state index is 11.3. The molecule has 0 amide bonds. The number of hydrogen-bond acceptors (Lipinski definition) is 4. The number of nitrogens with one attached hydrogen (secondary N) is 1. The molecule has 0 radical (unpaired) electrons. The number of H-pyrrole nitrogens is 1. The third-order valence-electron chi connectivity index (χ3n) is 1.70. The summed E-state index contributed by atoms with van der Waals surface area (Å²) in [5.41, 5.74) is 0.359. The molecule has 68 valence electrons. The first-order valence-electron chi connectivity index (χ1n) is 3.72. The van der Waals surface area contributed by atoms with Crippen LogP contribution in [0.15, 0.2) is 17.2 Å². The van der Waals surface area contributed by atoms with E-state index in [9.17, 15) is 4.79 Å². The second-order valence-electron chi connectivity index (χ2n) is 2.54. The fourth-order valence-electron chi connectivity index (χ4n) is 1.17. The van der Waals surface area contributed by atoms with Gasteiger partial charge in [0.25, 0.3) is 0 Å². The first-order valence-corrected chi connectivity index (χ1v) is 3.72. The summed E-state index contributed by atoms with van der Waals surface area (Å²) in [6.07, 6.45) is 3.12. The summed E-state index contributed by atoms with van der Waals surface area (Å²) in [7, 11) is 1.55. The summed E-state index contributed by atoms with van der Waals surface area (Å²) >= 11 is 0. The summed E-state index contributed by atoms with van der Waals surface area (Å²) in [5, 5.41) is 5.97. The molecule has 13 heavy (non-hydrogen) atoms. The molecule has 0 atom stereocenters. The van der Waals surface area contributed by atoms with Crippen molar-refractivity contribution in [1.82, 2.24) is 19.6 Å². The van der Waals surface area contributed by atoms with Crippen molar-refractivity contribution in [2.24, 2.45) is 0 Å². The molecule has 6 heteroatoms. The predicted octanol–water partition coefficient (Wildman–Crippen LogP) is -0.436. The van der Waals surface area contributed by atoms with Crippen LogP contribution in [0.2, 0.25) is 0 Å². The molecule has 0 unspecified atom stereocenters. The molecule has 0 bridgehead atoms. The lowest BCUT2D eigenvalue weighted by molar-refractivity contribution is 0.177. The van der Waals surface area contributed by atoms with E-state index in [-0.39, 0.29) is 5.69 Å². The first-order chi connectivity index (χ1) is 6.33. The van der Waals surface area contributed by atoms with Crippen LogP contribution in [-0.4, -0.2) is 26.7 Å². The first kappa shape index (κ1) is 7.93. The molecule has 2 aromatic heterocycles. The fraction of sp³-hybridized carbons (Fsp3) is 0.286. The van der Waals surface area contributed by atoms with Gasteiger partial charge < -0.3 is 4.74 Å². The number of aromatic amines is 1. The zero-order chi connectivity index (χ0) is 9.26. The van der Waals surface area contributed by atoms with Crippen LogP contribution < -0.4 is 5.69 Å². The third kappa shape index (κ3) is 1.20. The molecule has 0 saturated heterocycles. The topological polar surface area (TPSA) is 72.3 Å². The van der Waals surface area contributed by atoms with Crippen molar-refractivity contribution in [3.63, 3.8) is 0 Å². The molecule has 2 rings (SSSR count). The lowest BCUT2D eigenvalue weighted by Crippen LogP contribution is -2.19. The molecular formula is C7H8N4O2. The Morgan fingerprint density at radius 3 is 3.23 bits per heavy atom. The molecular weight excluding hydrogens is 172 g/mol. The smallest absolute Gasteiger partial charge is 0.348 e. The lowest BCUT2D eigenvalue weighted by atomic mass is 10.6. The van der Waals surface area contributed by atoms with E-state index in [2.05, 4.69) is 15.2 Å². The Morgan fingerprint density at radius 1 is 1.62 bits per heavy atom. The third-order valence-corrected chi connectivity index (χ3v) is 1.70. The van der Waals surface area contributed by atoms with Crippen molar-refractivity contribution >= 4 is 5.52 Å². The van der Waals surface area contributed by atoms with E-state index in [0.29, 0.717) is 17.9 Å². The van der Waals surface area contributed by atoms with Crippen molar-refractivity contribution < 1.29 is 4.74 Å². The molecule has 0 fully saturated rings. The summed E-state index contributed by atoms with van der Waals surface area (Å²) in [4.78, 5) is 15.3. The number of nitrogens with zero attached hydrogens (tertiary/aromatic N) is 3. The van der Waals surface area contributed by atoms with Gasteiger partial charge >= 0.3 is 5.69 Å². The van der Waals surface area contributed by atoms with Gasteiger partial charge in [0, 0.05) is 7.11 Å². The average molecular weight is 180 g/mol. The number of fused-ring (bicyclic) bond motifs is 1. The van der Waals surface area contributed by atoms with Crippen LogP contribution in [0.1, 0.15) is 5.82 Å². The zero-order valence-electron chi connectivity index (χ0n) is 7.02. The van der Waals surface area contributed by atoms with Crippen LogP contribution in [0.5, 0.6) is 0 Å². The molecule has 0 spiro atoms. The van der Waals surface area contributed by atoms with Gasteiger partial charge in [0.05, 0.1) is 17.9 Å². The standard InChI is InChI=1S/C7H8N4O2/c1-13-4-6-8-2-5-3-9-10-7(12)11(5)6/h2-3H,4H2,1H3,(H,10,12). The van der Waals surface area contributed by atoms with Gasteiger partial charge in [-0.2, -0.15) is 5.10 Å². The molecule has 0 saturated carbocycles. The number of ether oxygens (including phenoxy) is 1. The summed E-state index contributed by atoms with van der Waals surface area (Å²) in [6, 6.07) is 0. The minimum Gasteiger partial charge on any atom is -0.377 e. The van der Waals surface area contributed by atoms with Gasteiger partial charge in [-0.3, -0.25) is 0 Å². The summed E-state index contributed by atoms with van der Waals surface area (Å²) in [6.45, 7) is 0.307. The van der Waals surface area contributed by atoms with Crippen LogP contribution >= 0.6 is 0 Å². The molecule has 0 aromatic carbocycles. The van der Waals surface area contributed by atoms with Crippen LogP contribution in [0, 0.1) is 0 Å². The van der Waals surface area contributed by atoms with Crippen molar-refractivity contribution in [2.45, 2.75) is 6.61 Å². The largest absolute Gasteiger partial charge is 0.377 e. The number of imidazole rings is 1. The van der Waals surface area contributed by atoms with Crippen molar-refractivity contribution in [3.8, 4) is 0 Å². The Balaban J connectivity index is 2.71. The highest BCUT2D eigenvalue weighted by molar-refractivity contribution is 5.41. The number of methoxy groups -OCH3 is 1. The normalized spacial score (nSPS) is 10.8. The molecule has 1 N–H and O–H groups in total. The van der Waals surface area contributed by atoms with Gasteiger partial charge in [-0.1, -0.05) is 0 Å².